The summed E-state index contributed by atoms with van der Waals surface area (Å²) >= 11 is 0. The molecule has 1 heterocycles. The van der Waals surface area contributed by atoms with Crippen LogP contribution in [-0.2, 0) is 6.42 Å². The topological polar surface area (TPSA) is 50.2 Å². The van der Waals surface area contributed by atoms with E-state index in [0.717, 1.165) is 29.5 Å². The van der Waals surface area contributed by atoms with Gasteiger partial charge in [0.05, 0.1) is 5.56 Å². The second-order valence-corrected chi connectivity index (χ2v) is 4.68. The lowest BCUT2D eigenvalue weighted by molar-refractivity contribution is 0.0697. The number of aromatic carboxylic acids is 1. The quantitative estimate of drug-likeness (QED) is 0.851. The first-order chi connectivity index (χ1) is 9.66. The number of aromatic nitrogens is 1. The van der Waals surface area contributed by atoms with Gasteiger partial charge in [0.2, 0.25) is 5.95 Å². The number of carboxylic acids is 1. The Hall–Kier alpha value is -2.49. The van der Waals surface area contributed by atoms with E-state index in [-0.39, 0.29) is 5.56 Å². The van der Waals surface area contributed by atoms with E-state index in [2.05, 4.69) is 4.98 Å². The van der Waals surface area contributed by atoms with Gasteiger partial charge in [-0.15, -0.1) is 0 Å². The highest BCUT2D eigenvalue weighted by Gasteiger charge is 2.18. The normalized spacial score (nSPS) is 13.6. The molecular formula is C16H12FNO2. The Morgan fingerprint density at radius 3 is 2.85 bits per heavy atom. The van der Waals surface area contributed by atoms with Gasteiger partial charge in [0.25, 0.3) is 0 Å². The molecular weight excluding hydrogens is 257 g/mol. The number of aryl methyl sites for hydroxylation is 1. The van der Waals surface area contributed by atoms with E-state index in [1.807, 2.05) is 6.08 Å². The molecule has 0 aliphatic heterocycles. The lowest BCUT2D eigenvalue weighted by Crippen LogP contribution is -2.06. The molecule has 0 fully saturated rings. The van der Waals surface area contributed by atoms with E-state index in [0.29, 0.717) is 5.56 Å². The van der Waals surface area contributed by atoms with Crippen molar-refractivity contribution in [3.8, 4) is 0 Å². The van der Waals surface area contributed by atoms with Crippen molar-refractivity contribution in [2.24, 2.45) is 0 Å². The molecule has 0 atom stereocenters. The lowest BCUT2D eigenvalue weighted by atomic mass is 9.86. The number of allylic oxidation sites excluding steroid dienone is 1. The van der Waals surface area contributed by atoms with Gasteiger partial charge in [-0.05, 0) is 53.8 Å². The van der Waals surface area contributed by atoms with Gasteiger partial charge in [0.1, 0.15) is 0 Å². The van der Waals surface area contributed by atoms with Gasteiger partial charge in [-0.2, -0.15) is 4.39 Å². The zero-order valence-corrected chi connectivity index (χ0v) is 10.6. The second kappa shape index (κ2) is 4.89. The standard InChI is InChI=1S/C16H12FNO2/c17-15-13(5-2-8-18-15)12-4-1-3-10-6-7-11(16(19)20)9-14(10)12/h2,4-9H,1,3H2,(H,19,20). The first-order valence-corrected chi connectivity index (χ1v) is 6.34. The minimum Gasteiger partial charge on any atom is -0.478 e. The van der Waals surface area contributed by atoms with Crippen LogP contribution in [0.2, 0.25) is 0 Å². The van der Waals surface area contributed by atoms with Crippen molar-refractivity contribution in [3.05, 3.63) is 70.8 Å². The number of rotatable bonds is 2. The number of hydrogen-bond donors (Lipinski definition) is 1. The molecule has 0 bridgehead atoms. The van der Waals surface area contributed by atoms with Crippen molar-refractivity contribution < 1.29 is 14.3 Å². The Bertz CT molecular complexity index is 722. The monoisotopic (exact) mass is 269 g/mol. The predicted octanol–water partition coefficient (Wildman–Crippen LogP) is 3.30. The Morgan fingerprint density at radius 1 is 1.25 bits per heavy atom. The summed E-state index contributed by atoms with van der Waals surface area (Å²) in [4.78, 5) is 14.8. The summed E-state index contributed by atoms with van der Waals surface area (Å²) in [5.41, 5.74) is 3.16. The van der Waals surface area contributed by atoms with E-state index in [9.17, 15) is 9.18 Å². The van der Waals surface area contributed by atoms with Gasteiger partial charge in [-0.3, -0.25) is 0 Å². The van der Waals surface area contributed by atoms with Crippen LogP contribution in [0.4, 0.5) is 4.39 Å². The van der Waals surface area contributed by atoms with Gasteiger partial charge in [-0.25, -0.2) is 9.78 Å². The highest BCUT2D eigenvalue weighted by Crippen LogP contribution is 2.33. The molecule has 3 nitrogen and oxygen atoms in total. The van der Waals surface area contributed by atoms with Crippen LogP contribution in [-0.4, -0.2) is 16.1 Å². The van der Waals surface area contributed by atoms with Crippen molar-refractivity contribution in [2.45, 2.75) is 12.8 Å². The molecule has 0 spiro atoms. The molecule has 0 radical (unpaired) electrons. The maximum absolute atomic E-state index is 13.9. The van der Waals surface area contributed by atoms with Gasteiger partial charge < -0.3 is 5.11 Å². The van der Waals surface area contributed by atoms with Crippen molar-refractivity contribution in [1.29, 1.82) is 0 Å². The first-order valence-electron chi connectivity index (χ1n) is 6.34. The van der Waals surface area contributed by atoms with Crippen LogP contribution in [0.15, 0.2) is 42.6 Å². The van der Waals surface area contributed by atoms with Crippen LogP contribution in [0, 0.1) is 5.95 Å². The average molecular weight is 269 g/mol. The Labute approximate surface area is 115 Å². The van der Waals surface area contributed by atoms with Crippen molar-refractivity contribution in [3.63, 3.8) is 0 Å². The molecule has 100 valence electrons. The number of nitrogens with zero attached hydrogens (tertiary/aromatic N) is 1. The fraction of sp³-hybridized carbons (Fsp3) is 0.125. The fourth-order valence-corrected chi connectivity index (χ4v) is 2.50. The molecule has 1 N–H and O–H groups in total. The molecule has 1 aromatic heterocycles. The molecule has 2 aromatic rings. The Balaban J connectivity index is 2.17. The highest BCUT2D eigenvalue weighted by molar-refractivity contribution is 5.91. The van der Waals surface area contributed by atoms with Gasteiger partial charge in [0.15, 0.2) is 0 Å². The maximum Gasteiger partial charge on any atom is 0.335 e. The van der Waals surface area contributed by atoms with Gasteiger partial charge in [-0.1, -0.05) is 12.1 Å². The van der Waals surface area contributed by atoms with Crippen LogP contribution in [0.25, 0.3) is 5.57 Å². The molecule has 0 saturated carbocycles. The molecule has 1 aliphatic carbocycles. The van der Waals surface area contributed by atoms with Crippen LogP contribution in [0.3, 0.4) is 0 Å². The average Bonchev–Trinajstić information content (AvgIpc) is 2.46. The molecule has 0 saturated heterocycles. The molecule has 20 heavy (non-hydrogen) atoms. The number of fused-ring (bicyclic) bond motifs is 1. The Kier molecular flexibility index (Phi) is 3.06. The van der Waals surface area contributed by atoms with Crippen LogP contribution in [0.5, 0.6) is 0 Å². The lowest BCUT2D eigenvalue weighted by Gasteiger charge is -2.18. The number of carbonyl (C=O) groups is 1. The van der Waals surface area contributed by atoms with Gasteiger partial charge in [0, 0.05) is 11.8 Å². The highest BCUT2D eigenvalue weighted by atomic mass is 19.1. The summed E-state index contributed by atoms with van der Waals surface area (Å²) in [7, 11) is 0. The van der Waals surface area contributed by atoms with E-state index >= 15 is 0 Å². The van der Waals surface area contributed by atoms with Crippen LogP contribution >= 0.6 is 0 Å². The maximum atomic E-state index is 13.9. The molecule has 3 rings (SSSR count). The summed E-state index contributed by atoms with van der Waals surface area (Å²) in [6, 6.07) is 8.34. The summed E-state index contributed by atoms with van der Waals surface area (Å²) in [6.45, 7) is 0. The smallest absolute Gasteiger partial charge is 0.335 e. The van der Waals surface area contributed by atoms with E-state index in [4.69, 9.17) is 5.11 Å². The van der Waals surface area contributed by atoms with E-state index < -0.39 is 11.9 Å². The SMILES string of the molecule is O=C(O)c1ccc2c(c1)C(c1cccnc1F)=CCC2. The summed E-state index contributed by atoms with van der Waals surface area (Å²) in [6.07, 6.45) is 4.98. The second-order valence-electron chi connectivity index (χ2n) is 4.68. The van der Waals surface area contributed by atoms with Crippen LogP contribution in [0.1, 0.15) is 33.5 Å². The third-order valence-electron chi connectivity index (χ3n) is 3.46. The van der Waals surface area contributed by atoms with E-state index in [1.165, 1.54) is 6.20 Å². The number of carboxylic acid groups (broad SMARTS) is 1. The predicted molar refractivity (Wildman–Crippen MR) is 73.0 cm³/mol. The van der Waals surface area contributed by atoms with Gasteiger partial charge >= 0.3 is 5.97 Å². The zero-order chi connectivity index (χ0) is 14.1. The minimum atomic E-state index is -0.982. The third kappa shape index (κ3) is 2.09. The number of benzene rings is 1. The number of hydrogen-bond acceptors (Lipinski definition) is 2. The molecule has 4 heteroatoms. The molecule has 1 aromatic carbocycles. The third-order valence-corrected chi connectivity index (χ3v) is 3.46. The molecule has 1 aliphatic rings. The summed E-state index contributed by atoms with van der Waals surface area (Å²) in [5, 5.41) is 9.09. The summed E-state index contributed by atoms with van der Waals surface area (Å²) in [5.74, 6) is -1.52. The first kappa shape index (κ1) is 12.5. The minimum absolute atomic E-state index is 0.209. The Morgan fingerprint density at radius 2 is 2.10 bits per heavy atom. The van der Waals surface area contributed by atoms with E-state index in [1.54, 1.807) is 30.3 Å². The van der Waals surface area contributed by atoms with Crippen LogP contribution < -0.4 is 0 Å². The van der Waals surface area contributed by atoms with Crippen molar-refractivity contribution >= 4 is 11.5 Å². The van der Waals surface area contributed by atoms with Crippen molar-refractivity contribution in [2.75, 3.05) is 0 Å². The fourth-order valence-electron chi connectivity index (χ4n) is 2.50. The zero-order valence-electron chi connectivity index (χ0n) is 10.6. The largest absolute Gasteiger partial charge is 0.478 e. The number of pyridine rings is 1. The molecule has 0 amide bonds. The van der Waals surface area contributed by atoms with Crippen molar-refractivity contribution in [1.82, 2.24) is 4.98 Å². The summed E-state index contributed by atoms with van der Waals surface area (Å²) < 4.78 is 13.9. The molecule has 0 unspecified atom stereocenters. The number of halogens is 1.